The Hall–Kier alpha value is -2.04. The normalized spacial score (nSPS) is 11.0. The monoisotopic (exact) mass is 362 g/mol. The first-order valence-corrected chi connectivity index (χ1v) is 8.44. The van der Waals surface area contributed by atoms with Crippen molar-refractivity contribution in [1.82, 2.24) is 5.16 Å². The third-order valence-electron chi connectivity index (χ3n) is 3.73. The van der Waals surface area contributed by atoms with Crippen LogP contribution in [0, 0.1) is 0 Å². The van der Waals surface area contributed by atoms with Crippen LogP contribution in [0.1, 0.15) is 19.0 Å². The van der Waals surface area contributed by atoms with Gasteiger partial charge in [0.25, 0.3) is 0 Å². The summed E-state index contributed by atoms with van der Waals surface area (Å²) >= 11 is 12.1. The first-order valence-electron chi connectivity index (χ1n) is 7.69. The predicted molar refractivity (Wildman–Crippen MR) is 96.8 cm³/mol. The van der Waals surface area contributed by atoms with Crippen LogP contribution in [0.15, 0.2) is 47.0 Å². The highest BCUT2D eigenvalue weighted by molar-refractivity contribution is 6.42. The molecule has 0 N–H and O–H groups in total. The molecule has 0 radical (unpaired) electrons. The van der Waals surface area contributed by atoms with Gasteiger partial charge in [0.05, 0.1) is 16.5 Å². The van der Waals surface area contributed by atoms with Gasteiger partial charge < -0.3 is 9.42 Å². The van der Waals surface area contributed by atoms with Gasteiger partial charge in [-0.05, 0) is 36.8 Å². The smallest absolute Gasteiger partial charge is 0.233 e. The van der Waals surface area contributed by atoms with E-state index in [1.165, 1.54) is 0 Å². The number of halogens is 2. The fraction of sp³-hybridized carbons (Fsp3) is 0.222. The maximum Gasteiger partial charge on any atom is 0.233 e. The molecule has 2 aromatic carbocycles. The Morgan fingerprint density at radius 1 is 1.17 bits per heavy atom. The van der Waals surface area contributed by atoms with Crippen molar-refractivity contribution < 1.29 is 9.32 Å². The van der Waals surface area contributed by atoms with Crippen molar-refractivity contribution in [2.45, 2.75) is 19.8 Å². The van der Waals surface area contributed by atoms with Crippen LogP contribution in [0.4, 0.5) is 5.69 Å². The summed E-state index contributed by atoms with van der Waals surface area (Å²) in [4.78, 5) is 14.5. The van der Waals surface area contributed by atoms with E-state index in [-0.39, 0.29) is 12.3 Å². The first-order chi connectivity index (χ1) is 11.6. The molecule has 124 valence electrons. The SMILES string of the molecule is CCCN(C(=O)Cc1noc2ccccc12)c1ccc(Cl)c(Cl)c1. The molecule has 0 aliphatic carbocycles. The molecule has 24 heavy (non-hydrogen) atoms. The van der Waals surface area contributed by atoms with E-state index in [2.05, 4.69) is 5.16 Å². The molecule has 0 bridgehead atoms. The van der Waals surface area contributed by atoms with Gasteiger partial charge in [0.15, 0.2) is 5.58 Å². The lowest BCUT2D eigenvalue weighted by Gasteiger charge is -2.22. The van der Waals surface area contributed by atoms with Crippen LogP contribution in [0.3, 0.4) is 0 Å². The van der Waals surface area contributed by atoms with E-state index in [1.807, 2.05) is 31.2 Å². The maximum atomic E-state index is 12.8. The number of hydrogen-bond acceptors (Lipinski definition) is 3. The molecule has 6 heteroatoms. The lowest BCUT2D eigenvalue weighted by atomic mass is 10.1. The van der Waals surface area contributed by atoms with Crippen LogP contribution in [-0.2, 0) is 11.2 Å². The maximum absolute atomic E-state index is 12.8. The van der Waals surface area contributed by atoms with E-state index in [1.54, 1.807) is 23.1 Å². The molecule has 0 saturated heterocycles. The number of nitrogens with zero attached hydrogens (tertiary/aromatic N) is 2. The van der Waals surface area contributed by atoms with Gasteiger partial charge in [-0.3, -0.25) is 4.79 Å². The molecule has 3 aromatic rings. The number of aromatic nitrogens is 1. The highest BCUT2D eigenvalue weighted by atomic mass is 35.5. The summed E-state index contributed by atoms with van der Waals surface area (Å²) < 4.78 is 5.27. The molecule has 1 aromatic heterocycles. The molecule has 0 fully saturated rings. The molecule has 0 saturated carbocycles. The van der Waals surface area contributed by atoms with E-state index in [0.29, 0.717) is 27.9 Å². The lowest BCUT2D eigenvalue weighted by Crippen LogP contribution is -2.33. The number of rotatable bonds is 5. The fourth-order valence-corrected chi connectivity index (χ4v) is 2.87. The summed E-state index contributed by atoms with van der Waals surface area (Å²) in [7, 11) is 0. The Bertz CT molecular complexity index is 876. The predicted octanol–water partition coefficient (Wildman–Crippen LogP) is 5.12. The number of carbonyl (C=O) groups is 1. The Labute approximate surface area is 149 Å². The van der Waals surface area contributed by atoms with E-state index >= 15 is 0 Å². The number of carbonyl (C=O) groups excluding carboxylic acids is 1. The van der Waals surface area contributed by atoms with Gasteiger partial charge in [-0.25, -0.2) is 0 Å². The standard InChI is InChI=1S/C18H16Cl2N2O2/c1-2-9-22(12-7-8-14(19)15(20)10-12)18(23)11-16-13-5-3-4-6-17(13)24-21-16/h3-8,10H,2,9,11H2,1H3. The van der Waals surface area contributed by atoms with E-state index in [9.17, 15) is 4.79 Å². The van der Waals surface area contributed by atoms with E-state index < -0.39 is 0 Å². The highest BCUT2D eigenvalue weighted by Gasteiger charge is 2.19. The topological polar surface area (TPSA) is 46.3 Å². The molecule has 1 heterocycles. The van der Waals surface area contributed by atoms with Gasteiger partial charge in [-0.1, -0.05) is 47.4 Å². The van der Waals surface area contributed by atoms with Gasteiger partial charge >= 0.3 is 0 Å². The molecule has 3 rings (SSSR count). The minimum absolute atomic E-state index is 0.0608. The summed E-state index contributed by atoms with van der Waals surface area (Å²) in [5.74, 6) is -0.0608. The third-order valence-corrected chi connectivity index (χ3v) is 4.47. The van der Waals surface area contributed by atoms with Crippen LogP contribution in [0.5, 0.6) is 0 Å². The molecule has 0 unspecified atom stereocenters. The quantitative estimate of drug-likeness (QED) is 0.632. The second-order valence-corrected chi connectivity index (χ2v) is 6.26. The molecule has 0 spiro atoms. The molecule has 4 nitrogen and oxygen atoms in total. The first kappa shape index (κ1) is 16.8. The van der Waals surface area contributed by atoms with Gasteiger partial charge in [0, 0.05) is 17.6 Å². The zero-order valence-electron chi connectivity index (χ0n) is 13.1. The van der Waals surface area contributed by atoms with Crippen LogP contribution < -0.4 is 4.90 Å². The summed E-state index contributed by atoms with van der Waals surface area (Å²) in [6, 6.07) is 12.7. The van der Waals surface area contributed by atoms with E-state index in [4.69, 9.17) is 27.7 Å². The van der Waals surface area contributed by atoms with Crippen LogP contribution in [-0.4, -0.2) is 17.6 Å². The largest absolute Gasteiger partial charge is 0.356 e. The third kappa shape index (κ3) is 3.40. The summed E-state index contributed by atoms with van der Waals surface area (Å²) in [5.41, 5.74) is 2.04. The van der Waals surface area contributed by atoms with Gasteiger partial charge in [0.2, 0.25) is 5.91 Å². The second kappa shape index (κ2) is 7.24. The number of amides is 1. The highest BCUT2D eigenvalue weighted by Crippen LogP contribution is 2.28. The lowest BCUT2D eigenvalue weighted by molar-refractivity contribution is -0.118. The number of para-hydroxylation sites is 1. The summed E-state index contributed by atoms with van der Waals surface area (Å²) in [6.45, 7) is 2.61. The van der Waals surface area contributed by atoms with Crippen molar-refractivity contribution in [3.8, 4) is 0 Å². The summed E-state index contributed by atoms with van der Waals surface area (Å²) in [6.07, 6.45) is 0.989. The van der Waals surface area contributed by atoms with Gasteiger partial charge in [-0.15, -0.1) is 0 Å². The average Bonchev–Trinajstić information content (AvgIpc) is 2.98. The Morgan fingerprint density at radius 2 is 1.96 bits per heavy atom. The van der Waals surface area contributed by atoms with Gasteiger partial charge in [-0.2, -0.15) is 0 Å². The van der Waals surface area contributed by atoms with Crippen LogP contribution >= 0.6 is 23.2 Å². The number of hydrogen-bond donors (Lipinski definition) is 0. The summed E-state index contributed by atoms with van der Waals surface area (Å²) in [5, 5.41) is 5.78. The minimum atomic E-state index is -0.0608. The van der Waals surface area contributed by atoms with Crippen molar-refractivity contribution in [2.24, 2.45) is 0 Å². The Balaban J connectivity index is 1.88. The zero-order chi connectivity index (χ0) is 17.1. The van der Waals surface area contributed by atoms with Crippen molar-refractivity contribution in [3.05, 3.63) is 58.2 Å². The second-order valence-electron chi connectivity index (χ2n) is 5.45. The Morgan fingerprint density at radius 3 is 2.71 bits per heavy atom. The van der Waals surface area contributed by atoms with Crippen molar-refractivity contribution in [2.75, 3.05) is 11.4 Å². The zero-order valence-corrected chi connectivity index (χ0v) is 14.6. The average molecular weight is 363 g/mol. The number of fused-ring (bicyclic) bond motifs is 1. The molecular weight excluding hydrogens is 347 g/mol. The van der Waals surface area contributed by atoms with Crippen molar-refractivity contribution >= 4 is 45.8 Å². The van der Waals surface area contributed by atoms with Crippen LogP contribution in [0.2, 0.25) is 10.0 Å². The number of anilines is 1. The molecular formula is C18H16Cl2N2O2. The van der Waals surface area contributed by atoms with E-state index in [0.717, 1.165) is 17.5 Å². The van der Waals surface area contributed by atoms with Crippen molar-refractivity contribution in [1.29, 1.82) is 0 Å². The van der Waals surface area contributed by atoms with Crippen molar-refractivity contribution in [3.63, 3.8) is 0 Å². The van der Waals surface area contributed by atoms with Gasteiger partial charge in [0.1, 0.15) is 5.69 Å². The Kier molecular flexibility index (Phi) is 5.07. The molecule has 1 amide bonds. The molecule has 0 aliphatic heterocycles. The number of benzene rings is 2. The van der Waals surface area contributed by atoms with Crippen LogP contribution in [0.25, 0.3) is 11.0 Å². The molecule has 0 atom stereocenters. The molecule has 0 aliphatic rings. The fourth-order valence-electron chi connectivity index (χ4n) is 2.58. The minimum Gasteiger partial charge on any atom is -0.356 e.